The highest BCUT2D eigenvalue weighted by molar-refractivity contribution is 7.13. The summed E-state index contributed by atoms with van der Waals surface area (Å²) in [6.07, 6.45) is 4.39. The van der Waals surface area contributed by atoms with Crippen LogP contribution in [0.25, 0.3) is 0 Å². The van der Waals surface area contributed by atoms with Crippen molar-refractivity contribution < 1.29 is 0 Å². The number of nitrogens with zero attached hydrogens (tertiary/aromatic N) is 2. The number of thiazole rings is 1. The fourth-order valence-electron chi connectivity index (χ4n) is 1.80. The van der Waals surface area contributed by atoms with Gasteiger partial charge < -0.3 is 10.6 Å². The van der Waals surface area contributed by atoms with Crippen molar-refractivity contribution in [2.45, 2.75) is 12.8 Å². The minimum atomic E-state index is 0.664. The smallest absolute Gasteiger partial charge is 0.185 e. The molecule has 1 unspecified atom stereocenters. The van der Waals surface area contributed by atoms with E-state index in [1.54, 1.807) is 11.3 Å². The highest BCUT2D eigenvalue weighted by Gasteiger charge is 2.19. The van der Waals surface area contributed by atoms with Gasteiger partial charge in [-0.2, -0.15) is 0 Å². The van der Waals surface area contributed by atoms with Crippen LogP contribution in [0, 0.1) is 5.92 Å². The van der Waals surface area contributed by atoms with E-state index in [0.717, 1.165) is 24.8 Å². The maximum atomic E-state index is 5.68. The van der Waals surface area contributed by atoms with E-state index in [0.29, 0.717) is 5.92 Å². The molecular weight excluding hydrogens is 182 g/mol. The van der Waals surface area contributed by atoms with Gasteiger partial charge in [-0.15, -0.1) is 11.3 Å². The summed E-state index contributed by atoms with van der Waals surface area (Å²) in [5, 5.41) is 3.18. The van der Waals surface area contributed by atoms with Gasteiger partial charge >= 0.3 is 0 Å². The van der Waals surface area contributed by atoms with Crippen LogP contribution in [-0.4, -0.2) is 24.6 Å². The van der Waals surface area contributed by atoms with E-state index < -0.39 is 0 Å². The molecule has 0 spiro atoms. The summed E-state index contributed by atoms with van der Waals surface area (Å²) in [6, 6.07) is 0. The molecule has 2 N–H and O–H groups in total. The molecule has 0 aliphatic carbocycles. The molecule has 3 nitrogen and oxygen atoms in total. The lowest BCUT2D eigenvalue weighted by Gasteiger charge is -2.31. The number of hydrogen-bond donors (Lipinski definition) is 1. The molecule has 1 aromatic rings. The molecule has 0 aromatic carbocycles. The van der Waals surface area contributed by atoms with Crippen molar-refractivity contribution in [3.8, 4) is 0 Å². The average Bonchev–Trinajstić information content (AvgIpc) is 2.71. The molecule has 13 heavy (non-hydrogen) atoms. The highest BCUT2D eigenvalue weighted by Crippen LogP contribution is 2.23. The number of anilines is 1. The number of piperidine rings is 1. The largest absolute Gasteiger partial charge is 0.348 e. The second-order valence-electron chi connectivity index (χ2n) is 3.50. The maximum absolute atomic E-state index is 5.68. The zero-order valence-corrected chi connectivity index (χ0v) is 8.46. The number of nitrogens with two attached hydrogens (primary N) is 1. The van der Waals surface area contributed by atoms with Crippen molar-refractivity contribution in [1.29, 1.82) is 0 Å². The highest BCUT2D eigenvalue weighted by atomic mass is 32.1. The van der Waals surface area contributed by atoms with E-state index in [9.17, 15) is 0 Å². The molecular formula is C9H15N3S. The molecule has 0 saturated carbocycles. The van der Waals surface area contributed by atoms with E-state index in [4.69, 9.17) is 5.73 Å². The van der Waals surface area contributed by atoms with Crippen LogP contribution in [0.2, 0.25) is 0 Å². The Labute approximate surface area is 82.6 Å². The fourth-order valence-corrected chi connectivity index (χ4v) is 2.48. The van der Waals surface area contributed by atoms with Gasteiger partial charge in [-0.05, 0) is 25.3 Å². The summed E-state index contributed by atoms with van der Waals surface area (Å²) in [4.78, 5) is 6.67. The van der Waals surface area contributed by atoms with Gasteiger partial charge in [0.05, 0.1) is 0 Å². The Balaban J connectivity index is 2.00. The molecule has 72 valence electrons. The normalized spacial score (nSPS) is 23.5. The van der Waals surface area contributed by atoms with Crippen molar-refractivity contribution in [3.05, 3.63) is 11.6 Å². The first-order valence-electron chi connectivity index (χ1n) is 4.74. The van der Waals surface area contributed by atoms with Crippen molar-refractivity contribution >= 4 is 16.5 Å². The van der Waals surface area contributed by atoms with Crippen molar-refractivity contribution in [3.63, 3.8) is 0 Å². The fraction of sp³-hybridized carbons (Fsp3) is 0.667. The Kier molecular flexibility index (Phi) is 2.80. The van der Waals surface area contributed by atoms with Crippen LogP contribution in [0.5, 0.6) is 0 Å². The topological polar surface area (TPSA) is 42.1 Å². The van der Waals surface area contributed by atoms with Crippen LogP contribution in [0.15, 0.2) is 11.6 Å². The van der Waals surface area contributed by atoms with Gasteiger partial charge in [0.15, 0.2) is 5.13 Å². The average molecular weight is 197 g/mol. The molecule has 0 amide bonds. The minimum absolute atomic E-state index is 0.664. The number of aromatic nitrogens is 1. The van der Waals surface area contributed by atoms with Gasteiger partial charge in [-0.25, -0.2) is 4.98 Å². The van der Waals surface area contributed by atoms with Crippen molar-refractivity contribution in [2.75, 3.05) is 24.5 Å². The second kappa shape index (κ2) is 4.07. The number of rotatable bonds is 2. The van der Waals surface area contributed by atoms with Gasteiger partial charge in [-0.3, -0.25) is 0 Å². The van der Waals surface area contributed by atoms with Gasteiger partial charge in [-0.1, -0.05) is 0 Å². The Hall–Kier alpha value is -0.610. The van der Waals surface area contributed by atoms with Gasteiger partial charge in [0, 0.05) is 24.7 Å². The first-order chi connectivity index (χ1) is 6.40. The number of hydrogen-bond acceptors (Lipinski definition) is 4. The van der Waals surface area contributed by atoms with E-state index in [-0.39, 0.29) is 0 Å². The van der Waals surface area contributed by atoms with E-state index >= 15 is 0 Å². The van der Waals surface area contributed by atoms with Crippen LogP contribution in [0.1, 0.15) is 12.8 Å². The van der Waals surface area contributed by atoms with Crippen LogP contribution < -0.4 is 10.6 Å². The van der Waals surface area contributed by atoms with Crippen LogP contribution >= 0.6 is 11.3 Å². The first kappa shape index (κ1) is 8.97. The summed E-state index contributed by atoms with van der Waals surface area (Å²) in [5.74, 6) is 0.664. The Morgan fingerprint density at radius 1 is 1.69 bits per heavy atom. The summed E-state index contributed by atoms with van der Waals surface area (Å²) >= 11 is 1.72. The lowest BCUT2D eigenvalue weighted by atomic mass is 9.99. The lowest BCUT2D eigenvalue weighted by Crippen LogP contribution is -2.38. The monoisotopic (exact) mass is 197 g/mol. The second-order valence-corrected chi connectivity index (χ2v) is 4.38. The van der Waals surface area contributed by atoms with Crippen molar-refractivity contribution in [1.82, 2.24) is 4.98 Å². The molecule has 2 rings (SSSR count). The summed E-state index contributed by atoms with van der Waals surface area (Å²) in [5.41, 5.74) is 5.68. The van der Waals surface area contributed by atoms with Gasteiger partial charge in [0.2, 0.25) is 0 Å². The van der Waals surface area contributed by atoms with Crippen molar-refractivity contribution in [2.24, 2.45) is 11.7 Å². The molecule has 0 radical (unpaired) electrons. The molecule has 0 bridgehead atoms. The van der Waals surface area contributed by atoms with E-state index in [2.05, 4.69) is 9.88 Å². The summed E-state index contributed by atoms with van der Waals surface area (Å²) < 4.78 is 0. The zero-order chi connectivity index (χ0) is 9.10. The summed E-state index contributed by atoms with van der Waals surface area (Å²) in [6.45, 7) is 3.04. The minimum Gasteiger partial charge on any atom is -0.348 e. The Bertz CT molecular complexity index is 247. The first-order valence-corrected chi connectivity index (χ1v) is 5.62. The van der Waals surface area contributed by atoms with Gasteiger partial charge in [0.25, 0.3) is 0 Å². The van der Waals surface area contributed by atoms with E-state index in [1.807, 2.05) is 11.6 Å². The third-order valence-corrected chi connectivity index (χ3v) is 3.37. The predicted octanol–water partition coefficient (Wildman–Crippen LogP) is 1.32. The third-order valence-electron chi connectivity index (χ3n) is 2.54. The zero-order valence-electron chi connectivity index (χ0n) is 7.65. The SMILES string of the molecule is NCC1CCCN(c2nccs2)C1. The predicted molar refractivity (Wildman–Crippen MR) is 56.1 cm³/mol. The van der Waals surface area contributed by atoms with Gasteiger partial charge in [0.1, 0.15) is 0 Å². The molecule has 1 aromatic heterocycles. The Morgan fingerprint density at radius 3 is 3.31 bits per heavy atom. The quantitative estimate of drug-likeness (QED) is 0.777. The van der Waals surface area contributed by atoms with Crippen LogP contribution in [0.4, 0.5) is 5.13 Å². The standard InChI is InChI=1S/C9H15N3S/c10-6-8-2-1-4-12(7-8)9-11-3-5-13-9/h3,5,8H,1-2,4,6-7,10H2. The maximum Gasteiger partial charge on any atom is 0.185 e. The molecule has 2 heterocycles. The molecule has 4 heteroatoms. The van der Waals surface area contributed by atoms with E-state index in [1.165, 1.54) is 12.8 Å². The summed E-state index contributed by atoms with van der Waals surface area (Å²) in [7, 11) is 0. The third kappa shape index (κ3) is 2.00. The molecule has 1 aliphatic heterocycles. The molecule has 1 atom stereocenters. The molecule has 1 aliphatic rings. The van der Waals surface area contributed by atoms with Crippen LogP contribution in [0.3, 0.4) is 0 Å². The molecule has 1 fully saturated rings. The lowest BCUT2D eigenvalue weighted by molar-refractivity contribution is 0.423. The Morgan fingerprint density at radius 2 is 2.62 bits per heavy atom. The van der Waals surface area contributed by atoms with Crippen LogP contribution in [-0.2, 0) is 0 Å². The molecule has 1 saturated heterocycles.